The summed E-state index contributed by atoms with van der Waals surface area (Å²) in [4.78, 5) is 27.8. The van der Waals surface area contributed by atoms with Gasteiger partial charge in [0.25, 0.3) is 5.56 Å². The van der Waals surface area contributed by atoms with E-state index in [9.17, 15) is 22.8 Å². The van der Waals surface area contributed by atoms with Gasteiger partial charge in [0.05, 0.1) is 24.0 Å². The van der Waals surface area contributed by atoms with Gasteiger partial charge in [0.15, 0.2) is 0 Å². The Labute approximate surface area is 159 Å². The van der Waals surface area contributed by atoms with Crippen LogP contribution in [0.25, 0.3) is 0 Å². The van der Waals surface area contributed by atoms with Gasteiger partial charge in [-0.25, -0.2) is 4.68 Å². The predicted molar refractivity (Wildman–Crippen MR) is 98.2 cm³/mol. The summed E-state index contributed by atoms with van der Waals surface area (Å²) in [6.07, 6.45) is -2.77. The lowest BCUT2D eigenvalue weighted by molar-refractivity contribution is -0.137. The maximum atomic E-state index is 12.6. The van der Waals surface area contributed by atoms with Crippen molar-refractivity contribution in [2.45, 2.75) is 6.18 Å². The number of benzene rings is 1. The summed E-state index contributed by atoms with van der Waals surface area (Å²) in [6.45, 7) is 2.67. The summed E-state index contributed by atoms with van der Waals surface area (Å²) in [7, 11) is 1.58. The van der Waals surface area contributed by atoms with Crippen molar-refractivity contribution in [3.8, 4) is 0 Å². The number of aryl methyl sites for hydroxylation is 1. The van der Waals surface area contributed by atoms with Crippen molar-refractivity contribution in [2.75, 3.05) is 42.9 Å². The van der Waals surface area contributed by atoms with Crippen LogP contribution in [0.15, 0.2) is 41.3 Å². The van der Waals surface area contributed by atoms with Crippen LogP contribution in [0.1, 0.15) is 5.56 Å². The van der Waals surface area contributed by atoms with Crippen molar-refractivity contribution in [3.05, 3.63) is 52.4 Å². The molecule has 2 heterocycles. The Morgan fingerprint density at radius 1 is 1.14 bits per heavy atom. The molecule has 7 nitrogen and oxygen atoms in total. The molecule has 0 aliphatic carbocycles. The van der Waals surface area contributed by atoms with Crippen LogP contribution in [0.2, 0.25) is 0 Å². The van der Waals surface area contributed by atoms with E-state index in [1.165, 1.54) is 22.9 Å². The first-order valence-electron chi connectivity index (χ1n) is 8.70. The molecule has 0 radical (unpaired) electrons. The fraction of sp³-hybridized carbons (Fsp3) is 0.389. The summed E-state index contributed by atoms with van der Waals surface area (Å²) in [6, 6.07) is 5.88. The Kier molecular flexibility index (Phi) is 5.68. The Morgan fingerprint density at radius 2 is 1.79 bits per heavy atom. The Hall–Kier alpha value is -2.88. The van der Waals surface area contributed by atoms with Crippen molar-refractivity contribution in [1.29, 1.82) is 0 Å². The number of alkyl halides is 3. The SMILES string of the molecule is Cn1ncc(N2CCN(CC(=O)Nc3ccc(C(F)(F)F)cc3)CC2)cc1=O. The molecule has 2 aromatic rings. The number of nitrogens with one attached hydrogen (secondary N) is 1. The molecule has 10 heteroatoms. The zero-order valence-electron chi connectivity index (χ0n) is 15.2. The van der Waals surface area contributed by atoms with E-state index in [4.69, 9.17) is 0 Å². The van der Waals surface area contributed by atoms with E-state index in [0.717, 1.165) is 17.8 Å². The number of hydrogen-bond donors (Lipinski definition) is 1. The number of aromatic nitrogens is 2. The first-order chi connectivity index (χ1) is 13.2. The first kappa shape index (κ1) is 19.9. The highest BCUT2D eigenvalue weighted by molar-refractivity contribution is 5.92. The molecule has 150 valence electrons. The number of halogens is 3. The van der Waals surface area contributed by atoms with E-state index < -0.39 is 11.7 Å². The van der Waals surface area contributed by atoms with Gasteiger partial charge in [0.1, 0.15) is 0 Å². The fourth-order valence-corrected chi connectivity index (χ4v) is 2.94. The quantitative estimate of drug-likeness (QED) is 0.851. The van der Waals surface area contributed by atoms with Crippen LogP contribution in [0.3, 0.4) is 0 Å². The van der Waals surface area contributed by atoms with E-state index in [1.54, 1.807) is 13.2 Å². The van der Waals surface area contributed by atoms with Gasteiger partial charge in [-0.3, -0.25) is 14.5 Å². The highest BCUT2D eigenvalue weighted by Crippen LogP contribution is 2.29. The lowest BCUT2D eigenvalue weighted by Crippen LogP contribution is -2.49. The molecule has 1 N–H and O–H groups in total. The fourth-order valence-electron chi connectivity index (χ4n) is 2.94. The summed E-state index contributed by atoms with van der Waals surface area (Å²) in [5, 5.41) is 6.61. The second-order valence-electron chi connectivity index (χ2n) is 6.56. The Balaban J connectivity index is 1.49. The molecule has 1 fully saturated rings. The smallest absolute Gasteiger partial charge is 0.368 e. The van der Waals surface area contributed by atoms with Crippen molar-refractivity contribution < 1.29 is 18.0 Å². The minimum atomic E-state index is -4.40. The standard InChI is InChI=1S/C18H20F3N5O2/c1-24-17(28)10-15(11-22-24)26-8-6-25(7-9-26)12-16(27)23-14-4-2-13(3-5-14)18(19,20)21/h2-5,10-11H,6-9,12H2,1H3,(H,23,27). The number of carbonyl (C=O) groups excluding carboxylic acids is 1. The Bertz CT molecular complexity index is 887. The lowest BCUT2D eigenvalue weighted by Gasteiger charge is -2.35. The molecule has 1 amide bonds. The van der Waals surface area contributed by atoms with Crippen LogP contribution in [-0.2, 0) is 18.0 Å². The van der Waals surface area contributed by atoms with Crippen LogP contribution in [0.4, 0.5) is 24.5 Å². The molecule has 28 heavy (non-hydrogen) atoms. The third kappa shape index (κ3) is 4.89. The minimum Gasteiger partial charge on any atom is -0.368 e. The van der Waals surface area contributed by atoms with Gasteiger partial charge < -0.3 is 10.2 Å². The normalized spacial score (nSPS) is 15.5. The van der Waals surface area contributed by atoms with Crippen molar-refractivity contribution in [1.82, 2.24) is 14.7 Å². The maximum Gasteiger partial charge on any atom is 0.416 e. The zero-order chi connectivity index (χ0) is 20.3. The maximum absolute atomic E-state index is 12.6. The monoisotopic (exact) mass is 395 g/mol. The second kappa shape index (κ2) is 8.01. The first-order valence-corrected chi connectivity index (χ1v) is 8.70. The lowest BCUT2D eigenvalue weighted by atomic mass is 10.2. The molecule has 1 aromatic carbocycles. The van der Waals surface area contributed by atoms with Gasteiger partial charge in [0.2, 0.25) is 5.91 Å². The number of nitrogens with zero attached hydrogens (tertiary/aromatic N) is 4. The molecule has 1 aromatic heterocycles. The molecule has 1 aliphatic rings. The Morgan fingerprint density at radius 3 is 2.36 bits per heavy atom. The van der Waals surface area contributed by atoms with Crippen LogP contribution in [-0.4, -0.2) is 53.3 Å². The van der Waals surface area contributed by atoms with Crippen LogP contribution < -0.4 is 15.8 Å². The predicted octanol–water partition coefficient (Wildman–Crippen LogP) is 1.56. The van der Waals surface area contributed by atoms with Crippen molar-refractivity contribution in [2.24, 2.45) is 7.05 Å². The summed E-state index contributed by atoms with van der Waals surface area (Å²) >= 11 is 0. The van der Waals surface area contributed by atoms with Crippen LogP contribution in [0, 0.1) is 0 Å². The number of hydrogen-bond acceptors (Lipinski definition) is 5. The highest BCUT2D eigenvalue weighted by Gasteiger charge is 2.30. The van der Waals surface area contributed by atoms with Gasteiger partial charge in [-0.1, -0.05) is 0 Å². The minimum absolute atomic E-state index is 0.143. The molecular formula is C18H20F3N5O2. The molecule has 1 saturated heterocycles. The van der Waals surface area contributed by atoms with Gasteiger partial charge in [0, 0.05) is 45.0 Å². The molecule has 3 rings (SSSR count). The number of piperazine rings is 1. The number of anilines is 2. The zero-order valence-corrected chi connectivity index (χ0v) is 15.2. The van der Waals surface area contributed by atoms with E-state index in [-0.39, 0.29) is 18.0 Å². The molecular weight excluding hydrogens is 375 g/mol. The van der Waals surface area contributed by atoms with E-state index in [2.05, 4.69) is 10.4 Å². The number of carbonyl (C=O) groups is 1. The third-order valence-electron chi connectivity index (χ3n) is 4.55. The second-order valence-corrected chi connectivity index (χ2v) is 6.56. The number of rotatable bonds is 4. The van der Waals surface area contributed by atoms with Crippen molar-refractivity contribution in [3.63, 3.8) is 0 Å². The van der Waals surface area contributed by atoms with Gasteiger partial charge in [-0.05, 0) is 24.3 Å². The molecule has 0 bridgehead atoms. The summed E-state index contributed by atoms with van der Waals surface area (Å²) in [5.74, 6) is -0.288. The van der Waals surface area contributed by atoms with Crippen LogP contribution in [0.5, 0.6) is 0 Å². The summed E-state index contributed by atoms with van der Waals surface area (Å²) in [5.41, 5.74) is 0.127. The van der Waals surface area contributed by atoms with E-state index in [0.29, 0.717) is 31.9 Å². The van der Waals surface area contributed by atoms with E-state index >= 15 is 0 Å². The molecule has 0 atom stereocenters. The third-order valence-corrected chi connectivity index (χ3v) is 4.55. The average Bonchev–Trinajstić information content (AvgIpc) is 2.64. The van der Waals surface area contributed by atoms with E-state index in [1.807, 2.05) is 9.80 Å². The van der Waals surface area contributed by atoms with Crippen molar-refractivity contribution >= 4 is 17.3 Å². The van der Waals surface area contributed by atoms with Gasteiger partial charge >= 0.3 is 6.18 Å². The number of amides is 1. The molecule has 1 aliphatic heterocycles. The summed E-state index contributed by atoms with van der Waals surface area (Å²) < 4.78 is 39.0. The molecule has 0 unspecified atom stereocenters. The molecule has 0 spiro atoms. The topological polar surface area (TPSA) is 70.5 Å². The van der Waals surface area contributed by atoms with Gasteiger partial charge in [-0.15, -0.1) is 0 Å². The van der Waals surface area contributed by atoms with Gasteiger partial charge in [-0.2, -0.15) is 18.3 Å². The average molecular weight is 395 g/mol. The molecule has 0 saturated carbocycles. The highest BCUT2D eigenvalue weighted by atomic mass is 19.4. The largest absolute Gasteiger partial charge is 0.416 e. The van der Waals surface area contributed by atoms with Crippen LogP contribution >= 0.6 is 0 Å².